The van der Waals surface area contributed by atoms with E-state index in [1.807, 2.05) is 0 Å². The Morgan fingerprint density at radius 1 is 1.47 bits per heavy atom. The third-order valence-electron chi connectivity index (χ3n) is 1.93. The summed E-state index contributed by atoms with van der Waals surface area (Å²) in [5.41, 5.74) is 0.403. The van der Waals surface area contributed by atoms with E-state index < -0.39 is 12.1 Å². The van der Waals surface area contributed by atoms with E-state index >= 15 is 0 Å². The van der Waals surface area contributed by atoms with Gasteiger partial charge in [0.15, 0.2) is 6.10 Å². The van der Waals surface area contributed by atoms with Crippen LogP contribution in [-0.4, -0.2) is 25.3 Å². The standard InChI is InChI=1S/C10H11ClO4/c1-14-8-4-3-6(11)5-7(8)9(15-2)10(12)13/h3-5,9H,1-2H3,(H,12,13). The molecule has 0 spiro atoms. The first-order valence-electron chi connectivity index (χ1n) is 4.19. The molecule has 1 rings (SSSR count). The molecule has 82 valence electrons. The number of benzene rings is 1. The second kappa shape index (κ2) is 5.00. The molecule has 0 aliphatic rings. The van der Waals surface area contributed by atoms with Gasteiger partial charge in [0.25, 0.3) is 0 Å². The van der Waals surface area contributed by atoms with Crippen molar-refractivity contribution in [2.24, 2.45) is 0 Å². The van der Waals surface area contributed by atoms with Crippen LogP contribution in [0, 0.1) is 0 Å². The summed E-state index contributed by atoms with van der Waals surface area (Å²) in [7, 11) is 2.78. The summed E-state index contributed by atoms with van der Waals surface area (Å²) in [5.74, 6) is -0.647. The molecular weight excluding hydrogens is 220 g/mol. The third kappa shape index (κ3) is 2.61. The fraction of sp³-hybridized carbons (Fsp3) is 0.300. The molecule has 0 bridgehead atoms. The minimum absolute atomic E-state index is 0.403. The zero-order valence-corrected chi connectivity index (χ0v) is 9.12. The monoisotopic (exact) mass is 230 g/mol. The highest BCUT2D eigenvalue weighted by atomic mass is 35.5. The molecule has 4 nitrogen and oxygen atoms in total. The Morgan fingerprint density at radius 2 is 2.13 bits per heavy atom. The van der Waals surface area contributed by atoms with Crippen LogP contribution in [0.25, 0.3) is 0 Å². The van der Waals surface area contributed by atoms with E-state index in [0.29, 0.717) is 16.3 Å². The van der Waals surface area contributed by atoms with Crippen LogP contribution in [0.3, 0.4) is 0 Å². The van der Waals surface area contributed by atoms with Gasteiger partial charge < -0.3 is 14.6 Å². The molecule has 0 radical (unpaired) electrons. The van der Waals surface area contributed by atoms with E-state index in [9.17, 15) is 4.79 Å². The molecule has 1 unspecified atom stereocenters. The quantitative estimate of drug-likeness (QED) is 0.861. The zero-order valence-electron chi connectivity index (χ0n) is 8.36. The lowest BCUT2D eigenvalue weighted by Gasteiger charge is -2.14. The molecule has 1 aromatic carbocycles. The van der Waals surface area contributed by atoms with Gasteiger partial charge in [-0.3, -0.25) is 0 Å². The number of hydrogen-bond acceptors (Lipinski definition) is 3. The summed E-state index contributed by atoms with van der Waals surface area (Å²) < 4.78 is 9.89. The van der Waals surface area contributed by atoms with Gasteiger partial charge in [-0.15, -0.1) is 0 Å². The van der Waals surface area contributed by atoms with Gasteiger partial charge in [0.05, 0.1) is 7.11 Å². The van der Waals surface area contributed by atoms with Crippen LogP contribution in [0.15, 0.2) is 18.2 Å². The second-order valence-electron chi connectivity index (χ2n) is 2.84. The highest BCUT2D eigenvalue weighted by molar-refractivity contribution is 6.30. The van der Waals surface area contributed by atoms with Crippen LogP contribution in [0.4, 0.5) is 0 Å². The van der Waals surface area contributed by atoms with E-state index in [0.717, 1.165) is 0 Å². The van der Waals surface area contributed by atoms with Crippen molar-refractivity contribution < 1.29 is 19.4 Å². The van der Waals surface area contributed by atoms with Crippen molar-refractivity contribution in [1.29, 1.82) is 0 Å². The summed E-state index contributed by atoms with van der Waals surface area (Å²) in [6.45, 7) is 0. The Labute approximate surface area is 92.4 Å². The Balaban J connectivity index is 3.19. The largest absolute Gasteiger partial charge is 0.496 e. The topological polar surface area (TPSA) is 55.8 Å². The predicted molar refractivity (Wildman–Crippen MR) is 55.4 cm³/mol. The fourth-order valence-corrected chi connectivity index (χ4v) is 1.45. The molecule has 15 heavy (non-hydrogen) atoms. The summed E-state index contributed by atoms with van der Waals surface area (Å²) >= 11 is 5.78. The van der Waals surface area contributed by atoms with E-state index in [-0.39, 0.29) is 0 Å². The summed E-state index contributed by atoms with van der Waals surface area (Å²) in [6.07, 6.45) is -1.07. The number of carboxylic acid groups (broad SMARTS) is 1. The maximum Gasteiger partial charge on any atom is 0.337 e. The van der Waals surface area contributed by atoms with Crippen molar-refractivity contribution in [2.45, 2.75) is 6.10 Å². The highest BCUT2D eigenvalue weighted by Gasteiger charge is 2.23. The predicted octanol–water partition coefficient (Wildman–Crippen LogP) is 2.12. The molecular formula is C10H11ClO4. The summed E-state index contributed by atoms with van der Waals surface area (Å²) in [5, 5.41) is 9.35. The Hall–Kier alpha value is -1.26. The van der Waals surface area contributed by atoms with Crippen molar-refractivity contribution in [3.05, 3.63) is 28.8 Å². The smallest absolute Gasteiger partial charge is 0.337 e. The molecule has 1 atom stereocenters. The molecule has 1 N–H and O–H groups in total. The fourth-order valence-electron chi connectivity index (χ4n) is 1.27. The van der Waals surface area contributed by atoms with Gasteiger partial charge >= 0.3 is 5.97 Å². The zero-order chi connectivity index (χ0) is 11.4. The van der Waals surface area contributed by atoms with Gasteiger partial charge in [-0.2, -0.15) is 0 Å². The van der Waals surface area contributed by atoms with Crippen molar-refractivity contribution in [1.82, 2.24) is 0 Å². The number of methoxy groups -OCH3 is 2. The maximum absolute atomic E-state index is 10.9. The number of ether oxygens (including phenoxy) is 2. The Morgan fingerprint density at radius 3 is 2.60 bits per heavy atom. The average Bonchev–Trinajstić information content (AvgIpc) is 2.18. The summed E-state index contributed by atoms with van der Waals surface area (Å²) in [4.78, 5) is 10.9. The van der Waals surface area contributed by atoms with Crippen molar-refractivity contribution >= 4 is 17.6 Å². The van der Waals surface area contributed by atoms with Crippen LogP contribution >= 0.6 is 11.6 Å². The van der Waals surface area contributed by atoms with Crippen LogP contribution in [-0.2, 0) is 9.53 Å². The van der Waals surface area contributed by atoms with Crippen LogP contribution in [0.2, 0.25) is 5.02 Å². The van der Waals surface area contributed by atoms with E-state index in [1.165, 1.54) is 20.3 Å². The van der Waals surface area contributed by atoms with Gasteiger partial charge in [0.1, 0.15) is 5.75 Å². The SMILES string of the molecule is COc1ccc(Cl)cc1C(OC)C(=O)O. The molecule has 0 aliphatic carbocycles. The van der Waals surface area contributed by atoms with Crippen LogP contribution in [0.5, 0.6) is 5.75 Å². The van der Waals surface area contributed by atoms with Crippen molar-refractivity contribution in [3.8, 4) is 5.75 Å². The van der Waals surface area contributed by atoms with Crippen LogP contribution < -0.4 is 4.74 Å². The van der Waals surface area contributed by atoms with Gasteiger partial charge in [0.2, 0.25) is 0 Å². The first-order valence-corrected chi connectivity index (χ1v) is 4.57. The van der Waals surface area contributed by atoms with E-state index in [1.54, 1.807) is 12.1 Å². The normalized spacial score (nSPS) is 12.2. The minimum atomic E-state index is -1.09. The molecule has 0 amide bonds. The molecule has 0 aromatic heterocycles. The minimum Gasteiger partial charge on any atom is -0.496 e. The van der Waals surface area contributed by atoms with E-state index in [2.05, 4.69) is 0 Å². The molecule has 0 aliphatic heterocycles. The number of rotatable bonds is 4. The molecule has 0 heterocycles. The van der Waals surface area contributed by atoms with Crippen molar-refractivity contribution in [2.75, 3.05) is 14.2 Å². The lowest BCUT2D eigenvalue weighted by Crippen LogP contribution is -2.14. The number of halogens is 1. The third-order valence-corrected chi connectivity index (χ3v) is 2.17. The maximum atomic E-state index is 10.9. The highest BCUT2D eigenvalue weighted by Crippen LogP contribution is 2.30. The lowest BCUT2D eigenvalue weighted by atomic mass is 10.1. The average molecular weight is 231 g/mol. The number of carbonyl (C=O) groups is 1. The van der Waals surface area contributed by atoms with Gasteiger partial charge in [-0.1, -0.05) is 11.6 Å². The second-order valence-corrected chi connectivity index (χ2v) is 3.28. The van der Waals surface area contributed by atoms with Gasteiger partial charge in [-0.25, -0.2) is 4.79 Å². The molecule has 0 saturated carbocycles. The first kappa shape index (κ1) is 11.8. The van der Waals surface area contributed by atoms with E-state index in [4.69, 9.17) is 26.2 Å². The number of aliphatic carboxylic acids is 1. The summed E-state index contributed by atoms with van der Waals surface area (Å²) in [6, 6.07) is 4.74. The Bertz CT molecular complexity index is 364. The molecule has 0 saturated heterocycles. The van der Waals surface area contributed by atoms with Gasteiger partial charge in [-0.05, 0) is 18.2 Å². The van der Waals surface area contributed by atoms with Crippen molar-refractivity contribution in [3.63, 3.8) is 0 Å². The van der Waals surface area contributed by atoms with Crippen LogP contribution in [0.1, 0.15) is 11.7 Å². The number of carboxylic acids is 1. The molecule has 1 aromatic rings. The number of hydrogen-bond donors (Lipinski definition) is 1. The Kier molecular flexibility index (Phi) is 3.94. The van der Waals surface area contributed by atoms with Gasteiger partial charge in [0, 0.05) is 17.7 Å². The molecule has 5 heteroatoms. The molecule has 0 fully saturated rings. The lowest BCUT2D eigenvalue weighted by molar-refractivity contribution is -0.149. The first-order chi connectivity index (χ1) is 7.10.